The van der Waals surface area contributed by atoms with Gasteiger partial charge in [0.15, 0.2) is 0 Å². The van der Waals surface area contributed by atoms with Gasteiger partial charge in [0.2, 0.25) is 0 Å². The Morgan fingerprint density at radius 2 is 2.18 bits per heavy atom. The molecule has 0 saturated carbocycles. The van der Waals surface area contributed by atoms with Crippen molar-refractivity contribution < 1.29 is 4.21 Å². The predicted molar refractivity (Wildman–Crippen MR) is 97.0 cm³/mol. The van der Waals surface area contributed by atoms with E-state index in [0.29, 0.717) is 12.3 Å². The Balaban J connectivity index is 1.64. The van der Waals surface area contributed by atoms with E-state index < -0.39 is 10.8 Å². The van der Waals surface area contributed by atoms with Crippen molar-refractivity contribution in [2.24, 2.45) is 0 Å². The number of nitrogens with zero attached hydrogens (tertiary/aromatic N) is 1. The van der Waals surface area contributed by atoms with Crippen LogP contribution < -0.4 is 5.32 Å². The molecule has 0 bridgehead atoms. The van der Waals surface area contributed by atoms with Gasteiger partial charge in [-0.3, -0.25) is 4.21 Å². The van der Waals surface area contributed by atoms with E-state index in [1.165, 1.54) is 5.56 Å². The molecule has 22 heavy (non-hydrogen) atoms. The second kappa shape index (κ2) is 7.17. The van der Waals surface area contributed by atoms with Crippen LogP contribution in [0, 0.1) is 0 Å². The van der Waals surface area contributed by atoms with Gasteiger partial charge in [-0.2, -0.15) is 11.3 Å². The molecule has 0 aliphatic heterocycles. The fourth-order valence-electron chi connectivity index (χ4n) is 2.11. The van der Waals surface area contributed by atoms with Crippen LogP contribution in [0.1, 0.15) is 11.3 Å². The number of nitrogens with one attached hydrogen (secondary N) is 1. The van der Waals surface area contributed by atoms with Crippen LogP contribution in [0.2, 0.25) is 0 Å². The number of thiazole rings is 1. The molecule has 0 spiro atoms. The van der Waals surface area contributed by atoms with Crippen LogP contribution in [0.3, 0.4) is 0 Å². The van der Waals surface area contributed by atoms with Crippen LogP contribution in [0.5, 0.6) is 0 Å². The lowest BCUT2D eigenvalue weighted by atomic mass is 10.2. The highest BCUT2D eigenvalue weighted by atomic mass is 32.2. The third-order valence-corrected chi connectivity index (χ3v) is 5.45. The summed E-state index contributed by atoms with van der Waals surface area (Å²) in [6, 6.07) is 10.2. The summed E-state index contributed by atoms with van der Waals surface area (Å²) in [5, 5.41) is 10.7. The fourth-order valence-corrected chi connectivity index (χ4v) is 4.29. The maximum atomic E-state index is 11.3. The van der Waals surface area contributed by atoms with Crippen molar-refractivity contribution in [1.82, 2.24) is 4.98 Å². The second-order valence-corrected chi connectivity index (χ2v) is 8.00. The topological polar surface area (TPSA) is 42.0 Å². The Morgan fingerprint density at radius 3 is 2.95 bits per heavy atom. The zero-order valence-corrected chi connectivity index (χ0v) is 14.6. The molecule has 0 saturated heterocycles. The molecule has 1 N–H and O–H groups in total. The Kier molecular flexibility index (Phi) is 5.02. The number of hydrogen-bond acceptors (Lipinski definition) is 5. The van der Waals surface area contributed by atoms with Crippen LogP contribution in [0.4, 0.5) is 5.69 Å². The summed E-state index contributed by atoms with van der Waals surface area (Å²) in [7, 11) is -0.816. The summed E-state index contributed by atoms with van der Waals surface area (Å²) in [6.07, 6.45) is 1.72. The van der Waals surface area contributed by atoms with Gasteiger partial charge in [-0.1, -0.05) is 12.1 Å². The van der Waals surface area contributed by atoms with Gasteiger partial charge in [0.25, 0.3) is 0 Å². The standard InChI is InChI=1S/C16H16N2OS3/c1-22(19)11-12-3-2-4-14(7-12)17-8-15-10-21-16(18-15)13-5-6-20-9-13/h2-7,9-10,17H,8,11H2,1H3/t22-/m0/s1. The molecule has 1 aromatic carbocycles. The van der Waals surface area contributed by atoms with E-state index in [2.05, 4.69) is 32.5 Å². The SMILES string of the molecule is C[S@](=O)Cc1cccc(NCc2csc(-c3ccsc3)n2)c1. The molecular formula is C16H16N2OS3. The van der Waals surface area contributed by atoms with Gasteiger partial charge in [0.05, 0.1) is 12.2 Å². The van der Waals surface area contributed by atoms with E-state index in [0.717, 1.165) is 22.0 Å². The number of hydrogen-bond donors (Lipinski definition) is 1. The molecule has 0 amide bonds. The van der Waals surface area contributed by atoms with Gasteiger partial charge in [-0.05, 0) is 29.1 Å². The van der Waals surface area contributed by atoms with Crippen LogP contribution in [0.15, 0.2) is 46.5 Å². The molecule has 2 heterocycles. The zero-order valence-electron chi connectivity index (χ0n) is 12.1. The van der Waals surface area contributed by atoms with Crippen molar-refractivity contribution in [3.63, 3.8) is 0 Å². The van der Waals surface area contributed by atoms with Gasteiger partial charge < -0.3 is 5.32 Å². The summed E-state index contributed by atoms with van der Waals surface area (Å²) in [5.74, 6) is 0.592. The van der Waals surface area contributed by atoms with Crippen molar-refractivity contribution in [2.75, 3.05) is 11.6 Å². The highest BCUT2D eigenvalue weighted by molar-refractivity contribution is 7.83. The van der Waals surface area contributed by atoms with Crippen LogP contribution >= 0.6 is 22.7 Å². The molecule has 3 aromatic rings. The van der Waals surface area contributed by atoms with Gasteiger partial charge in [0.1, 0.15) is 5.01 Å². The van der Waals surface area contributed by atoms with Crippen LogP contribution in [0.25, 0.3) is 10.6 Å². The molecule has 3 nitrogen and oxygen atoms in total. The van der Waals surface area contributed by atoms with E-state index in [1.807, 2.05) is 24.3 Å². The van der Waals surface area contributed by atoms with Crippen molar-refractivity contribution in [3.8, 4) is 10.6 Å². The number of anilines is 1. The Labute approximate surface area is 140 Å². The lowest BCUT2D eigenvalue weighted by Gasteiger charge is -2.06. The number of benzene rings is 1. The summed E-state index contributed by atoms with van der Waals surface area (Å²) < 4.78 is 11.3. The highest BCUT2D eigenvalue weighted by Gasteiger charge is 2.05. The third kappa shape index (κ3) is 4.03. The van der Waals surface area contributed by atoms with Gasteiger partial charge >= 0.3 is 0 Å². The summed E-state index contributed by atoms with van der Waals surface area (Å²) in [4.78, 5) is 4.65. The monoisotopic (exact) mass is 348 g/mol. The quantitative estimate of drug-likeness (QED) is 0.719. The first-order valence-electron chi connectivity index (χ1n) is 6.80. The predicted octanol–water partition coefficient (Wildman–Crippen LogP) is 4.36. The Hall–Kier alpha value is -1.50. The first kappa shape index (κ1) is 15.4. The van der Waals surface area contributed by atoms with E-state index in [9.17, 15) is 4.21 Å². The van der Waals surface area contributed by atoms with E-state index >= 15 is 0 Å². The van der Waals surface area contributed by atoms with Crippen molar-refractivity contribution in [2.45, 2.75) is 12.3 Å². The lowest BCUT2D eigenvalue weighted by Crippen LogP contribution is -2.01. The van der Waals surface area contributed by atoms with Gasteiger partial charge in [-0.25, -0.2) is 4.98 Å². The minimum Gasteiger partial charge on any atom is -0.379 e. The minimum absolute atomic E-state index is 0.592. The van der Waals surface area contributed by atoms with Crippen LogP contribution in [-0.2, 0) is 23.1 Å². The molecule has 3 rings (SSSR count). The first-order valence-corrected chi connectivity index (χ1v) is 10.4. The minimum atomic E-state index is -0.816. The van der Waals surface area contributed by atoms with E-state index in [-0.39, 0.29) is 0 Å². The number of thiophene rings is 1. The molecule has 2 aromatic heterocycles. The maximum Gasteiger partial charge on any atom is 0.124 e. The maximum absolute atomic E-state index is 11.3. The largest absolute Gasteiger partial charge is 0.379 e. The Morgan fingerprint density at radius 1 is 1.27 bits per heavy atom. The first-order chi connectivity index (χ1) is 10.7. The zero-order chi connectivity index (χ0) is 15.4. The van der Waals surface area contributed by atoms with Crippen molar-refractivity contribution in [3.05, 3.63) is 57.7 Å². The molecule has 0 aliphatic carbocycles. The van der Waals surface area contributed by atoms with Gasteiger partial charge in [0, 0.05) is 44.8 Å². The summed E-state index contributed by atoms with van der Waals surface area (Å²) in [6.45, 7) is 0.694. The molecule has 0 aliphatic rings. The number of aromatic nitrogens is 1. The summed E-state index contributed by atoms with van der Waals surface area (Å²) >= 11 is 3.36. The van der Waals surface area contributed by atoms with Crippen LogP contribution in [-0.4, -0.2) is 15.4 Å². The van der Waals surface area contributed by atoms with Gasteiger partial charge in [-0.15, -0.1) is 11.3 Å². The molecule has 0 unspecified atom stereocenters. The average molecular weight is 349 g/mol. The number of rotatable bonds is 6. The lowest BCUT2D eigenvalue weighted by molar-refractivity contribution is 0.686. The summed E-state index contributed by atoms with van der Waals surface area (Å²) in [5.41, 5.74) is 4.35. The molecule has 1 atom stereocenters. The average Bonchev–Trinajstić information content (AvgIpc) is 3.16. The van der Waals surface area contributed by atoms with Crippen molar-refractivity contribution >= 4 is 39.2 Å². The van der Waals surface area contributed by atoms with Crippen molar-refractivity contribution in [1.29, 1.82) is 0 Å². The molecule has 0 fully saturated rings. The Bertz CT molecular complexity index is 765. The molecule has 0 radical (unpaired) electrons. The molecule has 6 heteroatoms. The third-order valence-electron chi connectivity index (χ3n) is 3.09. The smallest absolute Gasteiger partial charge is 0.124 e. The van der Waals surface area contributed by atoms with E-state index in [4.69, 9.17) is 0 Å². The van der Waals surface area contributed by atoms with E-state index in [1.54, 1.807) is 28.9 Å². The molecular weight excluding hydrogens is 332 g/mol. The highest BCUT2D eigenvalue weighted by Crippen LogP contribution is 2.26. The fraction of sp³-hybridized carbons (Fsp3) is 0.188. The second-order valence-electron chi connectivity index (χ2n) is 4.93. The normalized spacial score (nSPS) is 12.2. The molecule has 114 valence electrons.